The van der Waals surface area contributed by atoms with Crippen molar-refractivity contribution in [3.05, 3.63) is 95.1 Å². The van der Waals surface area contributed by atoms with Gasteiger partial charge >= 0.3 is 12.1 Å². The summed E-state index contributed by atoms with van der Waals surface area (Å²) in [5, 5.41) is 12.5. The second-order valence-corrected chi connectivity index (χ2v) is 8.70. The number of benzene rings is 3. The number of hydrogen-bond acceptors (Lipinski definition) is 4. The van der Waals surface area contributed by atoms with Crippen molar-refractivity contribution < 1.29 is 24.2 Å². The Kier molecular flexibility index (Phi) is 7.15. The Hall–Kier alpha value is -4.13. The van der Waals surface area contributed by atoms with Gasteiger partial charge in [0.05, 0.1) is 0 Å². The molecule has 0 saturated carbocycles. The first kappa shape index (κ1) is 24.0. The molecule has 1 aliphatic carbocycles. The quantitative estimate of drug-likeness (QED) is 0.512. The van der Waals surface area contributed by atoms with Crippen molar-refractivity contribution in [2.75, 3.05) is 13.7 Å². The van der Waals surface area contributed by atoms with E-state index in [0.29, 0.717) is 6.54 Å². The molecule has 0 aliphatic heterocycles. The van der Waals surface area contributed by atoms with Crippen LogP contribution in [0, 0.1) is 0 Å². The Morgan fingerprint density at radius 2 is 1.46 bits per heavy atom. The lowest BCUT2D eigenvalue weighted by atomic mass is 9.98. The van der Waals surface area contributed by atoms with E-state index in [4.69, 9.17) is 4.74 Å². The molecule has 0 fully saturated rings. The number of rotatable bonds is 8. The second kappa shape index (κ2) is 10.4. The van der Waals surface area contributed by atoms with E-state index in [1.807, 2.05) is 48.5 Å². The van der Waals surface area contributed by atoms with Crippen LogP contribution in [0.5, 0.6) is 0 Å². The van der Waals surface area contributed by atoms with Crippen molar-refractivity contribution in [2.45, 2.75) is 31.8 Å². The fourth-order valence-corrected chi connectivity index (χ4v) is 4.46. The van der Waals surface area contributed by atoms with Gasteiger partial charge in [0, 0.05) is 32.9 Å². The van der Waals surface area contributed by atoms with Crippen LogP contribution in [0.2, 0.25) is 0 Å². The molecule has 1 unspecified atom stereocenters. The zero-order chi connectivity index (χ0) is 24.9. The average molecular weight is 473 g/mol. The van der Waals surface area contributed by atoms with Crippen molar-refractivity contribution in [2.24, 2.45) is 0 Å². The molecule has 0 heterocycles. The normalized spacial score (nSPS) is 12.9. The van der Waals surface area contributed by atoms with Crippen molar-refractivity contribution in [3.8, 4) is 11.1 Å². The number of aliphatic carboxylic acids is 1. The smallest absolute Gasteiger partial charge is 0.410 e. The molecule has 4 rings (SSSR count). The second-order valence-electron chi connectivity index (χ2n) is 8.70. The lowest BCUT2D eigenvalue weighted by Crippen LogP contribution is -2.44. The average Bonchev–Trinajstić information content (AvgIpc) is 3.18. The fraction of sp³-hybridized carbons (Fsp3) is 0.250. The lowest BCUT2D eigenvalue weighted by molar-refractivity contribution is -0.142. The molecule has 2 amide bonds. The van der Waals surface area contributed by atoms with E-state index >= 15 is 0 Å². The maximum Gasteiger partial charge on any atom is 0.410 e. The van der Waals surface area contributed by atoms with Crippen LogP contribution < -0.4 is 5.32 Å². The standard InChI is InChI=1S/C28H28N2O5/c1-18(31)29-16-20-13-11-19(12-14-20)15-26(27(32)33)30(2)28(34)35-17-25-23-9-5-3-7-21(23)22-8-4-6-10-24(22)25/h3-14,25-26H,15-17H2,1-2H3,(H,29,31)(H,32,33). The summed E-state index contributed by atoms with van der Waals surface area (Å²) in [5.41, 5.74) is 6.12. The molecular formula is C28H28N2O5. The van der Waals surface area contributed by atoms with Gasteiger partial charge in [-0.05, 0) is 33.4 Å². The molecule has 0 radical (unpaired) electrons. The minimum absolute atomic E-state index is 0.0980. The summed E-state index contributed by atoms with van der Waals surface area (Å²) in [6.45, 7) is 1.98. The Morgan fingerprint density at radius 1 is 0.914 bits per heavy atom. The number of carbonyl (C=O) groups is 3. The molecule has 0 saturated heterocycles. The zero-order valence-electron chi connectivity index (χ0n) is 19.7. The largest absolute Gasteiger partial charge is 0.480 e. The molecule has 1 aliphatic rings. The van der Waals surface area contributed by atoms with E-state index in [9.17, 15) is 19.5 Å². The van der Waals surface area contributed by atoms with E-state index in [1.165, 1.54) is 14.0 Å². The van der Waals surface area contributed by atoms with E-state index in [1.54, 1.807) is 12.1 Å². The van der Waals surface area contributed by atoms with E-state index < -0.39 is 18.1 Å². The Morgan fingerprint density at radius 3 is 2.00 bits per heavy atom. The molecule has 7 heteroatoms. The maximum absolute atomic E-state index is 12.9. The highest BCUT2D eigenvalue weighted by atomic mass is 16.6. The number of hydrogen-bond donors (Lipinski definition) is 2. The molecule has 0 bridgehead atoms. The van der Waals surface area contributed by atoms with Gasteiger partial charge in [0.1, 0.15) is 12.6 Å². The van der Waals surface area contributed by atoms with Gasteiger partial charge in [-0.2, -0.15) is 0 Å². The molecule has 0 aromatic heterocycles. The van der Waals surface area contributed by atoms with Gasteiger partial charge in [0.15, 0.2) is 0 Å². The summed E-state index contributed by atoms with van der Waals surface area (Å²) in [6.07, 6.45) is -0.544. The van der Waals surface area contributed by atoms with Gasteiger partial charge in [0.25, 0.3) is 0 Å². The van der Waals surface area contributed by atoms with Crippen LogP contribution in [-0.2, 0) is 27.3 Å². The summed E-state index contributed by atoms with van der Waals surface area (Å²) in [6, 6.07) is 22.3. The first-order chi connectivity index (χ1) is 16.8. The van der Waals surface area contributed by atoms with Crippen LogP contribution in [0.1, 0.15) is 35.1 Å². The van der Waals surface area contributed by atoms with Gasteiger partial charge in [0.2, 0.25) is 5.91 Å². The minimum Gasteiger partial charge on any atom is -0.480 e. The number of carboxylic acid groups (broad SMARTS) is 1. The first-order valence-corrected chi connectivity index (χ1v) is 11.5. The Bertz CT molecular complexity index is 1190. The van der Waals surface area contributed by atoms with Crippen LogP contribution in [-0.4, -0.2) is 47.7 Å². The Balaban J connectivity index is 1.41. The molecular weight excluding hydrogens is 444 g/mol. The number of fused-ring (bicyclic) bond motifs is 3. The van der Waals surface area contributed by atoms with Gasteiger partial charge in [-0.1, -0.05) is 72.8 Å². The number of likely N-dealkylation sites (N-methyl/N-ethyl adjacent to an activating group) is 1. The molecule has 35 heavy (non-hydrogen) atoms. The molecule has 180 valence electrons. The summed E-state index contributed by atoms with van der Waals surface area (Å²) in [4.78, 5) is 37.1. The van der Waals surface area contributed by atoms with Crippen molar-refractivity contribution >= 4 is 18.0 Å². The van der Waals surface area contributed by atoms with Gasteiger partial charge in [-0.3, -0.25) is 9.69 Å². The fourth-order valence-electron chi connectivity index (χ4n) is 4.46. The number of ether oxygens (including phenoxy) is 1. The topological polar surface area (TPSA) is 95.9 Å². The van der Waals surface area contributed by atoms with E-state index in [0.717, 1.165) is 38.3 Å². The highest BCUT2D eigenvalue weighted by molar-refractivity contribution is 5.81. The Labute approximate surface area is 204 Å². The highest BCUT2D eigenvalue weighted by Crippen LogP contribution is 2.44. The molecule has 3 aromatic carbocycles. The summed E-state index contributed by atoms with van der Waals surface area (Å²) in [7, 11) is 1.45. The SMILES string of the molecule is CC(=O)NCc1ccc(CC(C(=O)O)N(C)C(=O)OCC2c3ccccc3-c3ccccc32)cc1. The van der Waals surface area contributed by atoms with Crippen LogP contribution in [0.4, 0.5) is 4.79 Å². The maximum atomic E-state index is 12.9. The van der Waals surface area contributed by atoms with Crippen LogP contribution in [0.15, 0.2) is 72.8 Å². The number of carboxylic acids is 1. The number of nitrogens with zero attached hydrogens (tertiary/aromatic N) is 1. The first-order valence-electron chi connectivity index (χ1n) is 11.5. The van der Waals surface area contributed by atoms with Crippen molar-refractivity contribution in [1.82, 2.24) is 10.2 Å². The minimum atomic E-state index is -1.11. The summed E-state index contributed by atoms with van der Waals surface area (Å²) in [5.74, 6) is -1.33. The van der Waals surface area contributed by atoms with Gasteiger partial charge in [-0.25, -0.2) is 9.59 Å². The molecule has 0 spiro atoms. The van der Waals surface area contributed by atoms with Crippen LogP contribution in [0.3, 0.4) is 0 Å². The van der Waals surface area contributed by atoms with Crippen molar-refractivity contribution in [3.63, 3.8) is 0 Å². The highest BCUT2D eigenvalue weighted by Gasteiger charge is 2.32. The molecule has 1 atom stereocenters. The third kappa shape index (κ3) is 5.35. The lowest BCUT2D eigenvalue weighted by Gasteiger charge is -2.25. The van der Waals surface area contributed by atoms with Gasteiger partial charge in [-0.15, -0.1) is 0 Å². The molecule has 7 nitrogen and oxygen atoms in total. The summed E-state index contributed by atoms with van der Waals surface area (Å²) >= 11 is 0. The third-order valence-corrected chi connectivity index (χ3v) is 6.37. The third-order valence-electron chi connectivity index (χ3n) is 6.37. The monoisotopic (exact) mass is 472 g/mol. The van der Waals surface area contributed by atoms with E-state index in [2.05, 4.69) is 17.4 Å². The number of carbonyl (C=O) groups excluding carboxylic acids is 2. The van der Waals surface area contributed by atoms with Crippen LogP contribution >= 0.6 is 0 Å². The number of amides is 2. The summed E-state index contributed by atoms with van der Waals surface area (Å²) < 4.78 is 5.63. The zero-order valence-corrected chi connectivity index (χ0v) is 19.7. The molecule has 2 N–H and O–H groups in total. The van der Waals surface area contributed by atoms with Crippen molar-refractivity contribution in [1.29, 1.82) is 0 Å². The predicted octanol–water partition coefficient (Wildman–Crippen LogP) is 4.20. The van der Waals surface area contributed by atoms with Crippen LogP contribution in [0.25, 0.3) is 11.1 Å². The number of nitrogens with one attached hydrogen (secondary N) is 1. The van der Waals surface area contributed by atoms with E-state index in [-0.39, 0.29) is 24.9 Å². The predicted molar refractivity (Wildman–Crippen MR) is 132 cm³/mol. The van der Waals surface area contributed by atoms with Gasteiger partial charge < -0.3 is 15.2 Å². The molecule has 3 aromatic rings.